The van der Waals surface area contributed by atoms with Crippen LogP contribution in [0.1, 0.15) is 29.6 Å². The first-order valence-electron chi connectivity index (χ1n) is 6.23. The number of rotatable bonds is 3. The van der Waals surface area contributed by atoms with Gasteiger partial charge in [0.2, 0.25) is 0 Å². The van der Waals surface area contributed by atoms with Crippen LogP contribution in [0.3, 0.4) is 0 Å². The fraction of sp³-hybridized carbons (Fsp3) is 0.462. The Hall–Kier alpha value is -1.07. The van der Waals surface area contributed by atoms with Gasteiger partial charge in [0, 0.05) is 22.7 Å². The maximum atomic E-state index is 11.4. The number of carbonyl (C=O) groups is 1. The van der Waals surface area contributed by atoms with E-state index in [0.29, 0.717) is 11.6 Å². The third-order valence-electron chi connectivity index (χ3n) is 3.15. The molecule has 0 radical (unpaired) electrons. The lowest BCUT2D eigenvalue weighted by atomic mass is 10.1. The lowest BCUT2D eigenvalue weighted by Crippen LogP contribution is -2.31. The summed E-state index contributed by atoms with van der Waals surface area (Å²) in [6, 6.07) is 5.93. The molecule has 1 atom stereocenters. The molecule has 5 heteroatoms. The van der Waals surface area contributed by atoms with Crippen molar-refractivity contribution in [2.75, 3.05) is 18.4 Å². The highest BCUT2D eigenvalue weighted by Crippen LogP contribution is 2.22. The Kier molecular flexibility index (Phi) is 4.60. The Morgan fingerprint density at radius 1 is 1.44 bits per heavy atom. The van der Waals surface area contributed by atoms with E-state index in [1.165, 1.54) is 12.8 Å². The van der Waals surface area contributed by atoms with E-state index in [-0.39, 0.29) is 0 Å². The van der Waals surface area contributed by atoms with Gasteiger partial charge < -0.3 is 16.4 Å². The van der Waals surface area contributed by atoms with Gasteiger partial charge in [-0.15, -0.1) is 0 Å². The fourth-order valence-corrected chi connectivity index (χ4v) is 2.57. The van der Waals surface area contributed by atoms with Gasteiger partial charge >= 0.3 is 0 Å². The molecule has 0 bridgehead atoms. The Bertz CT molecular complexity index is 428. The van der Waals surface area contributed by atoms with Crippen molar-refractivity contribution >= 4 is 27.5 Å². The molecule has 1 aromatic rings. The molecule has 2 rings (SSSR count). The van der Waals surface area contributed by atoms with E-state index >= 15 is 0 Å². The van der Waals surface area contributed by atoms with E-state index in [4.69, 9.17) is 5.73 Å². The number of amides is 1. The fourth-order valence-electron chi connectivity index (χ4n) is 2.21. The second-order valence-electron chi connectivity index (χ2n) is 4.60. The summed E-state index contributed by atoms with van der Waals surface area (Å²) in [6.45, 7) is 2.00. The normalized spacial score (nSPS) is 20.2. The Morgan fingerprint density at radius 3 is 3.06 bits per heavy atom. The number of nitrogens with two attached hydrogens (primary N) is 1. The van der Waals surface area contributed by atoms with Gasteiger partial charge in [-0.05, 0) is 37.6 Å². The summed E-state index contributed by atoms with van der Waals surface area (Å²) in [5.74, 6) is -0.402. The van der Waals surface area contributed by atoms with Gasteiger partial charge in [0.1, 0.15) is 0 Å². The first-order chi connectivity index (χ1) is 8.66. The highest BCUT2D eigenvalue weighted by Gasteiger charge is 2.15. The molecular weight excluding hydrogens is 294 g/mol. The van der Waals surface area contributed by atoms with Crippen LogP contribution in [-0.2, 0) is 0 Å². The first kappa shape index (κ1) is 13.4. The van der Waals surface area contributed by atoms with Crippen molar-refractivity contribution in [2.24, 2.45) is 5.73 Å². The molecule has 1 unspecified atom stereocenters. The van der Waals surface area contributed by atoms with Gasteiger partial charge in [-0.2, -0.15) is 0 Å². The van der Waals surface area contributed by atoms with Crippen LogP contribution in [-0.4, -0.2) is 25.0 Å². The molecule has 0 saturated carbocycles. The van der Waals surface area contributed by atoms with Crippen molar-refractivity contribution in [3.05, 3.63) is 28.2 Å². The number of primary amides is 1. The van der Waals surface area contributed by atoms with Gasteiger partial charge in [-0.25, -0.2) is 0 Å². The zero-order chi connectivity index (χ0) is 13.0. The van der Waals surface area contributed by atoms with Crippen molar-refractivity contribution in [1.82, 2.24) is 5.32 Å². The molecule has 1 amide bonds. The average Bonchev–Trinajstić information content (AvgIpc) is 2.60. The highest BCUT2D eigenvalue weighted by molar-refractivity contribution is 9.10. The molecular formula is C13H18BrN3O. The molecule has 0 aromatic heterocycles. The summed E-state index contributed by atoms with van der Waals surface area (Å²) in [7, 11) is 0. The third kappa shape index (κ3) is 3.46. The molecule has 98 valence electrons. The van der Waals surface area contributed by atoms with E-state index in [2.05, 4.69) is 26.6 Å². The van der Waals surface area contributed by atoms with Crippen LogP contribution < -0.4 is 16.4 Å². The van der Waals surface area contributed by atoms with Gasteiger partial charge in [-0.3, -0.25) is 4.79 Å². The Morgan fingerprint density at radius 2 is 2.28 bits per heavy atom. The van der Waals surface area contributed by atoms with Crippen LogP contribution in [0.15, 0.2) is 22.7 Å². The summed E-state index contributed by atoms with van der Waals surface area (Å²) in [4.78, 5) is 11.4. The second-order valence-corrected chi connectivity index (χ2v) is 5.51. The molecule has 0 spiro atoms. The van der Waals surface area contributed by atoms with Crippen LogP contribution in [0.4, 0.5) is 5.69 Å². The number of hydrogen-bond acceptors (Lipinski definition) is 3. The van der Waals surface area contributed by atoms with Gasteiger partial charge in [-0.1, -0.05) is 22.4 Å². The summed E-state index contributed by atoms with van der Waals surface area (Å²) in [5, 5.41) is 6.80. The minimum atomic E-state index is -0.402. The molecule has 1 fully saturated rings. The number of anilines is 1. The molecule has 1 saturated heterocycles. The number of benzene rings is 1. The Balaban J connectivity index is 2.14. The standard InChI is InChI=1S/C13H18BrN3O/c14-9-4-5-12(11(7-9)13(15)18)17-10-3-1-2-6-16-8-10/h4-5,7,10,16-17H,1-3,6,8H2,(H2,15,18). The Labute approximate surface area is 115 Å². The van der Waals surface area contributed by atoms with Crippen LogP contribution in [0.5, 0.6) is 0 Å². The predicted molar refractivity (Wildman–Crippen MR) is 76.8 cm³/mol. The second kappa shape index (κ2) is 6.20. The minimum absolute atomic E-state index is 0.353. The quantitative estimate of drug-likeness (QED) is 0.801. The third-order valence-corrected chi connectivity index (χ3v) is 3.65. The number of nitrogens with one attached hydrogen (secondary N) is 2. The van der Waals surface area contributed by atoms with Crippen LogP contribution >= 0.6 is 15.9 Å². The first-order valence-corrected chi connectivity index (χ1v) is 7.03. The summed E-state index contributed by atoms with van der Waals surface area (Å²) in [6.07, 6.45) is 3.52. The molecule has 0 aliphatic carbocycles. The zero-order valence-corrected chi connectivity index (χ0v) is 11.8. The molecule has 18 heavy (non-hydrogen) atoms. The van der Waals surface area contributed by atoms with E-state index < -0.39 is 5.91 Å². The number of carbonyl (C=O) groups excluding carboxylic acids is 1. The van der Waals surface area contributed by atoms with Gasteiger partial charge in [0.15, 0.2) is 0 Å². The zero-order valence-electron chi connectivity index (χ0n) is 10.2. The highest BCUT2D eigenvalue weighted by atomic mass is 79.9. The largest absolute Gasteiger partial charge is 0.380 e. The summed E-state index contributed by atoms with van der Waals surface area (Å²) < 4.78 is 0.862. The molecule has 1 aromatic carbocycles. The van der Waals surface area contributed by atoms with Crippen molar-refractivity contribution in [1.29, 1.82) is 0 Å². The van der Waals surface area contributed by atoms with Crippen LogP contribution in [0, 0.1) is 0 Å². The maximum absolute atomic E-state index is 11.4. The SMILES string of the molecule is NC(=O)c1cc(Br)ccc1NC1CCCCNC1. The number of halogens is 1. The predicted octanol–water partition coefficient (Wildman–Crippen LogP) is 2.10. The van der Waals surface area contributed by atoms with Crippen LogP contribution in [0.25, 0.3) is 0 Å². The topological polar surface area (TPSA) is 67.2 Å². The van der Waals surface area contributed by atoms with Crippen molar-refractivity contribution in [3.63, 3.8) is 0 Å². The maximum Gasteiger partial charge on any atom is 0.250 e. The van der Waals surface area contributed by atoms with Gasteiger partial charge in [0.25, 0.3) is 5.91 Å². The summed E-state index contributed by atoms with van der Waals surface area (Å²) >= 11 is 3.35. The van der Waals surface area contributed by atoms with Crippen LogP contribution in [0.2, 0.25) is 0 Å². The van der Waals surface area contributed by atoms with E-state index in [9.17, 15) is 4.79 Å². The lowest BCUT2D eigenvalue weighted by Gasteiger charge is -2.19. The molecule has 1 heterocycles. The summed E-state index contributed by atoms with van der Waals surface area (Å²) in [5.41, 5.74) is 6.76. The van der Waals surface area contributed by atoms with E-state index in [1.807, 2.05) is 12.1 Å². The van der Waals surface area contributed by atoms with E-state index in [1.54, 1.807) is 6.07 Å². The minimum Gasteiger partial charge on any atom is -0.380 e. The van der Waals surface area contributed by atoms with Gasteiger partial charge in [0.05, 0.1) is 5.56 Å². The van der Waals surface area contributed by atoms with Crippen molar-refractivity contribution in [3.8, 4) is 0 Å². The molecule has 1 aliphatic heterocycles. The van der Waals surface area contributed by atoms with Crippen molar-refractivity contribution in [2.45, 2.75) is 25.3 Å². The molecule has 4 nitrogen and oxygen atoms in total. The molecule has 4 N–H and O–H groups in total. The van der Waals surface area contributed by atoms with Crippen molar-refractivity contribution < 1.29 is 4.79 Å². The monoisotopic (exact) mass is 311 g/mol. The lowest BCUT2D eigenvalue weighted by molar-refractivity contribution is 0.100. The smallest absolute Gasteiger partial charge is 0.250 e. The van der Waals surface area contributed by atoms with E-state index in [0.717, 1.165) is 29.7 Å². The molecule has 1 aliphatic rings. The average molecular weight is 312 g/mol. The number of hydrogen-bond donors (Lipinski definition) is 3.